The number of carbonyl (C=O) groups excluding carboxylic acids is 1. The Labute approximate surface area is 107 Å². The van der Waals surface area contributed by atoms with Crippen LogP contribution in [0.2, 0.25) is 0 Å². The molecule has 1 atom stereocenters. The Kier molecular flexibility index (Phi) is 4.85. The van der Waals surface area contributed by atoms with E-state index in [1.54, 1.807) is 4.90 Å². The van der Waals surface area contributed by atoms with Gasteiger partial charge < -0.3 is 4.90 Å². The average Bonchev–Trinajstić information content (AvgIpc) is 2.38. The number of benzene rings is 1. The summed E-state index contributed by atoms with van der Waals surface area (Å²) in [5.74, 6) is -0.791. The van der Waals surface area contributed by atoms with Crippen LogP contribution < -0.4 is 0 Å². The van der Waals surface area contributed by atoms with Crippen LogP contribution in [0.1, 0.15) is 43.1 Å². The van der Waals surface area contributed by atoms with Gasteiger partial charge in [-0.1, -0.05) is 6.92 Å². The minimum Gasteiger partial charge on any atom is -0.336 e. The third kappa shape index (κ3) is 3.07. The van der Waals surface area contributed by atoms with Gasteiger partial charge in [0.25, 0.3) is 5.91 Å². The average molecular weight is 248 g/mol. The van der Waals surface area contributed by atoms with Gasteiger partial charge in [0.05, 0.1) is 11.6 Å². The van der Waals surface area contributed by atoms with Gasteiger partial charge in [0.2, 0.25) is 0 Å². The minimum absolute atomic E-state index is 0.0938. The SMILES string of the molecule is CCC(C)N(CC)C(=O)c1cc(F)cc(C#N)c1. The van der Waals surface area contributed by atoms with Gasteiger partial charge in [0, 0.05) is 18.2 Å². The zero-order chi connectivity index (χ0) is 13.7. The van der Waals surface area contributed by atoms with Gasteiger partial charge in [-0.05, 0) is 38.5 Å². The summed E-state index contributed by atoms with van der Waals surface area (Å²) in [4.78, 5) is 13.9. The van der Waals surface area contributed by atoms with E-state index in [1.165, 1.54) is 12.1 Å². The van der Waals surface area contributed by atoms with Crippen LogP contribution in [0.3, 0.4) is 0 Å². The molecule has 96 valence electrons. The van der Waals surface area contributed by atoms with Crippen molar-refractivity contribution >= 4 is 5.91 Å². The number of carbonyl (C=O) groups is 1. The smallest absolute Gasteiger partial charge is 0.254 e. The van der Waals surface area contributed by atoms with E-state index in [0.717, 1.165) is 12.5 Å². The Bertz CT molecular complexity index is 479. The molecule has 0 aliphatic heterocycles. The zero-order valence-electron chi connectivity index (χ0n) is 10.9. The first-order valence-corrected chi connectivity index (χ1v) is 6.05. The molecule has 0 aliphatic rings. The molecule has 18 heavy (non-hydrogen) atoms. The highest BCUT2D eigenvalue weighted by atomic mass is 19.1. The van der Waals surface area contributed by atoms with E-state index in [0.29, 0.717) is 6.54 Å². The fourth-order valence-corrected chi connectivity index (χ4v) is 1.82. The standard InChI is InChI=1S/C14H17FN2O/c1-4-10(3)17(5-2)14(18)12-6-11(9-16)7-13(15)8-12/h6-8,10H,4-5H2,1-3H3. The second-order valence-electron chi connectivity index (χ2n) is 4.19. The molecule has 0 heterocycles. The fourth-order valence-electron chi connectivity index (χ4n) is 1.82. The lowest BCUT2D eigenvalue weighted by molar-refractivity contribution is 0.0699. The number of hydrogen-bond acceptors (Lipinski definition) is 2. The predicted octanol–water partition coefficient (Wildman–Crippen LogP) is 2.96. The molecule has 1 aromatic rings. The first-order chi connectivity index (χ1) is 8.53. The van der Waals surface area contributed by atoms with Gasteiger partial charge in [-0.15, -0.1) is 0 Å². The summed E-state index contributed by atoms with van der Waals surface area (Å²) in [6.07, 6.45) is 0.833. The van der Waals surface area contributed by atoms with E-state index in [-0.39, 0.29) is 23.1 Å². The highest BCUT2D eigenvalue weighted by Crippen LogP contribution is 2.14. The number of nitriles is 1. The van der Waals surface area contributed by atoms with E-state index in [9.17, 15) is 9.18 Å². The maximum absolute atomic E-state index is 13.3. The van der Waals surface area contributed by atoms with Gasteiger partial charge in [-0.2, -0.15) is 5.26 Å². The Morgan fingerprint density at radius 1 is 1.44 bits per heavy atom. The molecule has 0 N–H and O–H groups in total. The van der Waals surface area contributed by atoms with Crippen LogP contribution in [-0.2, 0) is 0 Å². The molecule has 0 bridgehead atoms. The molecule has 0 saturated carbocycles. The van der Waals surface area contributed by atoms with E-state index in [4.69, 9.17) is 5.26 Å². The molecule has 1 aromatic carbocycles. The Hall–Kier alpha value is -1.89. The van der Waals surface area contributed by atoms with Gasteiger partial charge >= 0.3 is 0 Å². The molecule has 0 radical (unpaired) electrons. The lowest BCUT2D eigenvalue weighted by Gasteiger charge is -2.27. The van der Waals surface area contributed by atoms with E-state index in [2.05, 4.69) is 0 Å². The molecular formula is C14H17FN2O. The molecule has 3 nitrogen and oxygen atoms in total. The number of nitrogens with zero attached hydrogens (tertiary/aromatic N) is 2. The molecule has 0 aromatic heterocycles. The normalized spacial score (nSPS) is 11.7. The Balaban J connectivity index is 3.09. The number of hydrogen-bond donors (Lipinski definition) is 0. The lowest BCUT2D eigenvalue weighted by atomic mass is 10.1. The summed E-state index contributed by atoms with van der Waals surface area (Å²) >= 11 is 0. The van der Waals surface area contributed by atoms with Crippen molar-refractivity contribution in [2.24, 2.45) is 0 Å². The van der Waals surface area contributed by atoms with Crippen molar-refractivity contribution in [1.29, 1.82) is 5.26 Å². The topological polar surface area (TPSA) is 44.1 Å². The Morgan fingerprint density at radius 3 is 2.61 bits per heavy atom. The van der Waals surface area contributed by atoms with Crippen molar-refractivity contribution < 1.29 is 9.18 Å². The minimum atomic E-state index is -0.558. The molecular weight excluding hydrogens is 231 g/mol. The first kappa shape index (κ1) is 14.2. The van der Waals surface area contributed by atoms with Crippen molar-refractivity contribution in [1.82, 2.24) is 4.90 Å². The van der Waals surface area contributed by atoms with Gasteiger partial charge in [0.15, 0.2) is 0 Å². The maximum Gasteiger partial charge on any atom is 0.254 e. The summed E-state index contributed by atoms with van der Waals surface area (Å²) in [5, 5.41) is 8.78. The Morgan fingerprint density at radius 2 is 2.11 bits per heavy atom. The van der Waals surface area contributed by atoms with Crippen molar-refractivity contribution in [2.45, 2.75) is 33.2 Å². The third-order valence-corrected chi connectivity index (χ3v) is 3.00. The van der Waals surface area contributed by atoms with Gasteiger partial charge in [-0.3, -0.25) is 4.79 Å². The quantitative estimate of drug-likeness (QED) is 0.822. The largest absolute Gasteiger partial charge is 0.336 e. The van der Waals surface area contributed by atoms with Crippen molar-refractivity contribution in [3.63, 3.8) is 0 Å². The number of rotatable bonds is 4. The lowest BCUT2D eigenvalue weighted by Crippen LogP contribution is -2.38. The molecule has 1 rings (SSSR count). The zero-order valence-corrected chi connectivity index (χ0v) is 10.9. The maximum atomic E-state index is 13.3. The van der Waals surface area contributed by atoms with Crippen molar-refractivity contribution in [3.8, 4) is 6.07 Å². The highest BCUT2D eigenvalue weighted by molar-refractivity contribution is 5.94. The van der Waals surface area contributed by atoms with Crippen molar-refractivity contribution in [2.75, 3.05) is 6.54 Å². The molecule has 0 spiro atoms. The summed E-state index contributed by atoms with van der Waals surface area (Å²) in [6, 6.07) is 5.67. The fraction of sp³-hybridized carbons (Fsp3) is 0.429. The third-order valence-electron chi connectivity index (χ3n) is 3.00. The molecule has 1 amide bonds. The van der Waals surface area contributed by atoms with Crippen LogP contribution in [0, 0.1) is 17.1 Å². The summed E-state index contributed by atoms with van der Waals surface area (Å²) in [5.41, 5.74) is 0.396. The molecule has 0 fully saturated rings. The van der Waals surface area contributed by atoms with Gasteiger partial charge in [0.1, 0.15) is 5.82 Å². The van der Waals surface area contributed by atoms with E-state index >= 15 is 0 Å². The summed E-state index contributed by atoms with van der Waals surface area (Å²) in [6.45, 7) is 6.39. The molecule has 0 aliphatic carbocycles. The second kappa shape index (κ2) is 6.15. The van der Waals surface area contributed by atoms with Crippen LogP contribution in [0.5, 0.6) is 0 Å². The molecule has 4 heteroatoms. The molecule has 0 saturated heterocycles. The van der Waals surface area contributed by atoms with Crippen LogP contribution in [0.15, 0.2) is 18.2 Å². The van der Waals surface area contributed by atoms with Gasteiger partial charge in [-0.25, -0.2) is 4.39 Å². The van der Waals surface area contributed by atoms with E-state index in [1.807, 2.05) is 26.8 Å². The van der Waals surface area contributed by atoms with Crippen molar-refractivity contribution in [3.05, 3.63) is 35.1 Å². The van der Waals surface area contributed by atoms with Crippen LogP contribution >= 0.6 is 0 Å². The van der Waals surface area contributed by atoms with Crippen LogP contribution in [0.25, 0.3) is 0 Å². The molecule has 1 unspecified atom stereocenters. The van der Waals surface area contributed by atoms with Crippen LogP contribution in [-0.4, -0.2) is 23.4 Å². The second-order valence-corrected chi connectivity index (χ2v) is 4.19. The summed E-state index contributed by atoms with van der Waals surface area (Å²) < 4.78 is 13.3. The highest BCUT2D eigenvalue weighted by Gasteiger charge is 2.19. The number of halogens is 1. The predicted molar refractivity (Wildman–Crippen MR) is 67.6 cm³/mol. The van der Waals surface area contributed by atoms with Crippen LogP contribution in [0.4, 0.5) is 4.39 Å². The monoisotopic (exact) mass is 248 g/mol. The summed E-state index contributed by atoms with van der Waals surface area (Å²) in [7, 11) is 0. The number of amides is 1. The van der Waals surface area contributed by atoms with E-state index < -0.39 is 5.82 Å². The first-order valence-electron chi connectivity index (χ1n) is 6.05.